The Morgan fingerprint density at radius 3 is 2.72 bits per heavy atom. The van der Waals surface area contributed by atoms with Crippen molar-refractivity contribution in [1.29, 1.82) is 0 Å². The van der Waals surface area contributed by atoms with Crippen molar-refractivity contribution in [3.63, 3.8) is 0 Å². The lowest BCUT2D eigenvalue weighted by molar-refractivity contribution is 0.295. The Labute approximate surface area is 111 Å². The van der Waals surface area contributed by atoms with Crippen LogP contribution in [0.3, 0.4) is 0 Å². The van der Waals surface area contributed by atoms with Crippen LogP contribution < -0.4 is 0 Å². The van der Waals surface area contributed by atoms with Gasteiger partial charge in [-0.1, -0.05) is 0 Å². The first-order valence-electron chi connectivity index (χ1n) is 5.32. The second-order valence-electron chi connectivity index (χ2n) is 3.82. The van der Waals surface area contributed by atoms with Crippen molar-refractivity contribution in [3.05, 3.63) is 40.3 Å². The van der Waals surface area contributed by atoms with Gasteiger partial charge in [-0.15, -0.1) is 0 Å². The molecule has 1 heterocycles. The molecule has 0 aliphatic carbocycles. The molecule has 1 N–H and O–H groups in total. The third-order valence-corrected chi connectivity index (χ3v) is 3.22. The summed E-state index contributed by atoms with van der Waals surface area (Å²) < 4.78 is 28.8. The molecule has 96 valence electrons. The Hall–Kier alpha value is -1.27. The molecule has 0 bridgehead atoms. The average Bonchev–Trinajstić information content (AvgIpc) is 2.56. The summed E-state index contributed by atoms with van der Waals surface area (Å²) in [6, 6.07) is 3.40. The zero-order chi connectivity index (χ0) is 13.3. The average molecular weight is 317 g/mol. The minimum absolute atomic E-state index is 0.0391. The Morgan fingerprint density at radius 2 is 2.11 bits per heavy atom. The van der Waals surface area contributed by atoms with Crippen LogP contribution in [-0.2, 0) is 13.5 Å². The van der Waals surface area contributed by atoms with E-state index in [-0.39, 0.29) is 12.2 Å². The van der Waals surface area contributed by atoms with E-state index in [0.717, 1.165) is 6.07 Å². The normalized spacial score (nSPS) is 10.9. The Kier molecular flexibility index (Phi) is 3.77. The number of hydrogen-bond acceptors (Lipinski definition) is 2. The van der Waals surface area contributed by atoms with Crippen LogP contribution in [-0.4, -0.2) is 21.3 Å². The van der Waals surface area contributed by atoms with Gasteiger partial charge in [0.15, 0.2) is 0 Å². The number of imidazole rings is 1. The lowest BCUT2D eigenvalue weighted by Gasteiger charge is -2.07. The fourth-order valence-electron chi connectivity index (χ4n) is 1.81. The molecule has 2 aromatic rings. The van der Waals surface area contributed by atoms with E-state index < -0.39 is 11.6 Å². The molecule has 0 saturated carbocycles. The van der Waals surface area contributed by atoms with E-state index in [0.29, 0.717) is 22.5 Å². The molecule has 1 aromatic carbocycles. The van der Waals surface area contributed by atoms with Crippen LogP contribution in [0, 0.1) is 11.6 Å². The van der Waals surface area contributed by atoms with Crippen LogP contribution in [0.25, 0.3) is 11.3 Å². The van der Waals surface area contributed by atoms with E-state index in [4.69, 9.17) is 5.11 Å². The van der Waals surface area contributed by atoms with Crippen molar-refractivity contribution in [2.75, 3.05) is 6.61 Å². The van der Waals surface area contributed by atoms with Crippen LogP contribution in [0.15, 0.2) is 22.8 Å². The van der Waals surface area contributed by atoms with Crippen molar-refractivity contribution in [2.45, 2.75) is 6.42 Å². The maximum absolute atomic E-state index is 13.7. The molecule has 0 atom stereocenters. The summed E-state index contributed by atoms with van der Waals surface area (Å²) >= 11 is 3.25. The number of aliphatic hydroxyl groups excluding tert-OH is 1. The van der Waals surface area contributed by atoms with E-state index in [1.807, 2.05) is 0 Å². The number of aliphatic hydroxyl groups is 1. The van der Waals surface area contributed by atoms with Crippen molar-refractivity contribution in [2.24, 2.45) is 7.05 Å². The standard InChI is InChI=1S/C12H11BrF2N2O/c1-17-10(4-5-18)16-12(13)11(17)8-3-2-7(14)6-9(8)15/h2-3,6,18H,4-5H2,1H3. The molecule has 1 aromatic heterocycles. The molecule has 3 nitrogen and oxygen atoms in total. The Bertz CT molecular complexity index is 584. The largest absolute Gasteiger partial charge is 0.396 e. The fourth-order valence-corrected chi connectivity index (χ4v) is 2.49. The highest BCUT2D eigenvalue weighted by Gasteiger charge is 2.17. The number of nitrogens with zero attached hydrogens (tertiary/aromatic N) is 2. The molecule has 0 aliphatic heterocycles. The van der Waals surface area contributed by atoms with Gasteiger partial charge in [-0.3, -0.25) is 0 Å². The van der Waals surface area contributed by atoms with E-state index >= 15 is 0 Å². The minimum Gasteiger partial charge on any atom is -0.396 e. The summed E-state index contributed by atoms with van der Waals surface area (Å²) in [5, 5.41) is 8.91. The van der Waals surface area contributed by atoms with E-state index in [2.05, 4.69) is 20.9 Å². The summed E-state index contributed by atoms with van der Waals surface area (Å²) in [5.41, 5.74) is 0.790. The highest BCUT2D eigenvalue weighted by atomic mass is 79.9. The highest BCUT2D eigenvalue weighted by molar-refractivity contribution is 9.10. The number of halogens is 3. The molecule has 18 heavy (non-hydrogen) atoms. The fraction of sp³-hybridized carbons (Fsp3) is 0.250. The van der Waals surface area contributed by atoms with E-state index in [9.17, 15) is 8.78 Å². The van der Waals surface area contributed by atoms with Crippen LogP contribution in [0.5, 0.6) is 0 Å². The molecular formula is C12H11BrF2N2O. The maximum atomic E-state index is 13.7. The van der Waals surface area contributed by atoms with Gasteiger partial charge >= 0.3 is 0 Å². The predicted molar refractivity (Wildman–Crippen MR) is 67.0 cm³/mol. The van der Waals surface area contributed by atoms with Gasteiger partial charge in [0.05, 0.1) is 12.3 Å². The molecule has 0 saturated heterocycles. The molecule has 0 aliphatic rings. The van der Waals surface area contributed by atoms with Crippen molar-refractivity contribution in [3.8, 4) is 11.3 Å². The number of hydrogen-bond donors (Lipinski definition) is 1. The second kappa shape index (κ2) is 5.16. The maximum Gasteiger partial charge on any atom is 0.135 e. The smallest absolute Gasteiger partial charge is 0.135 e. The van der Waals surface area contributed by atoms with Gasteiger partial charge in [-0.05, 0) is 28.1 Å². The second-order valence-corrected chi connectivity index (χ2v) is 4.58. The van der Waals surface area contributed by atoms with Crippen molar-refractivity contribution in [1.82, 2.24) is 9.55 Å². The van der Waals surface area contributed by atoms with Gasteiger partial charge in [-0.25, -0.2) is 13.8 Å². The molecule has 0 radical (unpaired) electrons. The first kappa shape index (κ1) is 13.2. The zero-order valence-corrected chi connectivity index (χ0v) is 11.2. The summed E-state index contributed by atoms with van der Waals surface area (Å²) in [6.07, 6.45) is 0.373. The number of aromatic nitrogens is 2. The van der Waals surface area contributed by atoms with Crippen LogP contribution >= 0.6 is 15.9 Å². The van der Waals surface area contributed by atoms with Gasteiger partial charge in [0, 0.05) is 25.1 Å². The molecule has 0 fully saturated rings. The third-order valence-electron chi connectivity index (χ3n) is 2.67. The monoisotopic (exact) mass is 316 g/mol. The SMILES string of the molecule is Cn1c(CCO)nc(Br)c1-c1ccc(F)cc1F. The minimum atomic E-state index is -0.644. The van der Waals surface area contributed by atoms with Crippen LogP contribution in [0.4, 0.5) is 8.78 Å². The quantitative estimate of drug-likeness (QED) is 0.945. The van der Waals surface area contributed by atoms with Gasteiger partial charge in [-0.2, -0.15) is 0 Å². The van der Waals surface area contributed by atoms with Crippen molar-refractivity contribution < 1.29 is 13.9 Å². The van der Waals surface area contributed by atoms with Crippen LogP contribution in [0.1, 0.15) is 5.82 Å². The zero-order valence-electron chi connectivity index (χ0n) is 9.62. The topological polar surface area (TPSA) is 38.0 Å². The van der Waals surface area contributed by atoms with E-state index in [1.165, 1.54) is 12.1 Å². The van der Waals surface area contributed by atoms with Gasteiger partial charge in [0.2, 0.25) is 0 Å². The van der Waals surface area contributed by atoms with Gasteiger partial charge in [0.1, 0.15) is 22.1 Å². The Balaban J connectivity index is 2.56. The molecular weight excluding hydrogens is 306 g/mol. The van der Waals surface area contributed by atoms with Gasteiger partial charge in [0.25, 0.3) is 0 Å². The predicted octanol–water partition coefficient (Wildman–Crippen LogP) is 2.66. The van der Waals surface area contributed by atoms with Crippen LogP contribution in [0.2, 0.25) is 0 Å². The summed E-state index contributed by atoms with van der Waals surface area (Å²) in [5.74, 6) is -0.637. The first-order chi connectivity index (χ1) is 8.54. The molecule has 0 unspecified atom stereocenters. The molecule has 0 amide bonds. The molecule has 2 rings (SSSR count). The number of rotatable bonds is 3. The van der Waals surface area contributed by atoms with Crippen molar-refractivity contribution >= 4 is 15.9 Å². The lowest BCUT2D eigenvalue weighted by atomic mass is 10.1. The molecule has 6 heteroatoms. The van der Waals surface area contributed by atoms with E-state index in [1.54, 1.807) is 11.6 Å². The summed E-state index contributed by atoms with van der Waals surface area (Å²) in [4.78, 5) is 4.20. The Morgan fingerprint density at radius 1 is 1.39 bits per heavy atom. The third kappa shape index (κ3) is 2.30. The highest BCUT2D eigenvalue weighted by Crippen LogP contribution is 2.30. The molecule has 0 spiro atoms. The first-order valence-corrected chi connectivity index (χ1v) is 6.11. The lowest BCUT2D eigenvalue weighted by Crippen LogP contribution is -2.02. The summed E-state index contributed by atoms with van der Waals surface area (Å²) in [7, 11) is 1.72. The summed E-state index contributed by atoms with van der Waals surface area (Å²) in [6.45, 7) is -0.0391. The van der Waals surface area contributed by atoms with Gasteiger partial charge < -0.3 is 9.67 Å². The number of benzene rings is 1.